The van der Waals surface area contributed by atoms with Gasteiger partial charge in [0, 0.05) is 11.1 Å². The first-order valence-corrected chi connectivity index (χ1v) is 6.86. The summed E-state index contributed by atoms with van der Waals surface area (Å²) >= 11 is 0. The average Bonchev–Trinajstić information content (AvgIpc) is 2.54. The Morgan fingerprint density at radius 1 is 0.952 bits per heavy atom. The van der Waals surface area contributed by atoms with Crippen molar-refractivity contribution in [3.63, 3.8) is 0 Å². The minimum Gasteiger partial charge on any atom is -0.291 e. The number of hydrogen-bond acceptors (Lipinski definition) is 3. The van der Waals surface area contributed by atoms with Crippen LogP contribution < -0.4 is 5.48 Å². The summed E-state index contributed by atoms with van der Waals surface area (Å²) in [5.74, 6) is 0.0853. The molecule has 3 aromatic carbocycles. The summed E-state index contributed by atoms with van der Waals surface area (Å²) in [5.41, 5.74) is 6.49. The summed E-state index contributed by atoms with van der Waals surface area (Å²) in [6.45, 7) is 0. The Morgan fingerprint density at radius 3 is 2.67 bits per heavy atom. The van der Waals surface area contributed by atoms with Gasteiger partial charge in [0.25, 0.3) is 0 Å². The van der Waals surface area contributed by atoms with E-state index >= 15 is 0 Å². The molecule has 4 rings (SSSR count). The maximum atomic E-state index is 12.8. The lowest BCUT2D eigenvalue weighted by atomic mass is 9.82. The molecule has 0 bridgehead atoms. The lowest BCUT2D eigenvalue weighted by Crippen LogP contribution is -2.15. The van der Waals surface area contributed by atoms with E-state index in [1.807, 2.05) is 48.5 Å². The summed E-state index contributed by atoms with van der Waals surface area (Å²) < 4.78 is 0. The minimum atomic E-state index is 0.0853. The van der Waals surface area contributed by atoms with Gasteiger partial charge in [-0.25, -0.2) is 0 Å². The molecular formula is C18H13NO2. The molecule has 21 heavy (non-hydrogen) atoms. The predicted molar refractivity (Wildman–Crippen MR) is 82.0 cm³/mol. The molecule has 0 spiro atoms. The van der Waals surface area contributed by atoms with E-state index in [1.165, 1.54) is 0 Å². The van der Waals surface area contributed by atoms with Crippen molar-refractivity contribution in [2.75, 3.05) is 5.48 Å². The molecule has 0 heterocycles. The first-order valence-electron chi connectivity index (χ1n) is 6.86. The van der Waals surface area contributed by atoms with Crippen molar-refractivity contribution in [3.05, 3.63) is 76.9 Å². The van der Waals surface area contributed by atoms with Crippen LogP contribution in [0.25, 0.3) is 10.8 Å². The highest BCUT2D eigenvalue weighted by Crippen LogP contribution is 2.33. The maximum absolute atomic E-state index is 12.8. The van der Waals surface area contributed by atoms with Crippen molar-refractivity contribution in [2.24, 2.45) is 0 Å². The van der Waals surface area contributed by atoms with Gasteiger partial charge in [0.05, 0.1) is 5.69 Å². The molecule has 3 nitrogen and oxygen atoms in total. The maximum Gasteiger partial charge on any atom is 0.194 e. The topological polar surface area (TPSA) is 49.3 Å². The van der Waals surface area contributed by atoms with E-state index in [2.05, 4.69) is 5.48 Å². The Morgan fingerprint density at radius 2 is 1.81 bits per heavy atom. The summed E-state index contributed by atoms with van der Waals surface area (Å²) in [7, 11) is 0. The number of ketones is 1. The molecule has 0 fully saturated rings. The number of rotatable bonds is 1. The van der Waals surface area contributed by atoms with Crippen molar-refractivity contribution in [2.45, 2.75) is 6.42 Å². The molecule has 0 radical (unpaired) electrons. The summed E-state index contributed by atoms with van der Waals surface area (Å²) in [6.07, 6.45) is 0.785. The molecule has 102 valence electrons. The largest absolute Gasteiger partial charge is 0.291 e. The van der Waals surface area contributed by atoms with Crippen LogP contribution in [-0.2, 0) is 6.42 Å². The molecule has 0 aromatic heterocycles. The number of carbonyl (C=O) groups is 1. The fourth-order valence-electron chi connectivity index (χ4n) is 3.10. The Hall–Kier alpha value is -2.65. The van der Waals surface area contributed by atoms with Gasteiger partial charge in [0.1, 0.15) is 0 Å². The van der Waals surface area contributed by atoms with E-state index in [-0.39, 0.29) is 5.78 Å². The first-order chi connectivity index (χ1) is 10.3. The smallest absolute Gasteiger partial charge is 0.194 e. The molecule has 1 aliphatic carbocycles. The molecule has 0 saturated heterocycles. The Labute approximate surface area is 121 Å². The first kappa shape index (κ1) is 12.1. The van der Waals surface area contributed by atoms with Gasteiger partial charge in [-0.05, 0) is 40.5 Å². The second kappa shape index (κ2) is 4.43. The highest BCUT2D eigenvalue weighted by atomic mass is 16.5. The third-order valence-corrected chi connectivity index (χ3v) is 4.11. The summed E-state index contributed by atoms with van der Waals surface area (Å²) in [6, 6.07) is 17.3. The fraction of sp³-hybridized carbons (Fsp3) is 0.0556. The molecular weight excluding hydrogens is 262 g/mol. The van der Waals surface area contributed by atoms with Crippen LogP contribution in [0.4, 0.5) is 5.69 Å². The van der Waals surface area contributed by atoms with Crippen LogP contribution in [0.3, 0.4) is 0 Å². The Kier molecular flexibility index (Phi) is 2.56. The fourth-order valence-corrected chi connectivity index (χ4v) is 3.10. The van der Waals surface area contributed by atoms with Crippen LogP contribution >= 0.6 is 0 Å². The van der Waals surface area contributed by atoms with E-state index in [9.17, 15) is 4.79 Å². The molecule has 3 heteroatoms. The number of anilines is 1. The van der Waals surface area contributed by atoms with Gasteiger partial charge in [0.15, 0.2) is 5.78 Å². The number of carbonyl (C=O) groups excluding carboxylic acids is 1. The quantitative estimate of drug-likeness (QED) is 0.520. The predicted octanol–water partition coefficient (Wildman–Crippen LogP) is 3.78. The number of nitrogens with one attached hydrogen (secondary N) is 1. The molecule has 0 amide bonds. The van der Waals surface area contributed by atoms with Gasteiger partial charge in [-0.3, -0.25) is 15.5 Å². The Balaban J connectivity index is 1.99. The van der Waals surface area contributed by atoms with E-state index in [4.69, 9.17) is 5.21 Å². The summed E-state index contributed by atoms with van der Waals surface area (Å²) in [5, 5.41) is 10.9. The standard InChI is InChI=1S/C18H13NO2/c20-18-16-4-2-1-3-11(16)9-13-6-5-12-10-14(19-21)7-8-15(12)17(13)18/h1-8,10,19,21H,9H2. The average molecular weight is 275 g/mol. The molecule has 0 saturated carbocycles. The van der Waals surface area contributed by atoms with E-state index < -0.39 is 0 Å². The number of fused-ring (bicyclic) bond motifs is 4. The normalized spacial score (nSPS) is 12.9. The van der Waals surface area contributed by atoms with E-state index in [1.54, 1.807) is 6.07 Å². The molecule has 3 aromatic rings. The van der Waals surface area contributed by atoms with E-state index in [0.29, 0.717) is 5.69 Å². The molecule has 1 aliphatic rings. The SMILES string of the molecule is O=C1c2ccccc2Cc2ccc3cc(NO)ccc3c21. The molecule has 0 unspecified atom stereocenters. The van der Waals surface area contributed by atoms with Gasteiger partial charge in [-0.2, -0.15) is 0 Å². The monoisotopic (exact) mass is 275 g/mol. The van der Waals surface area contributed by atoms with Crippen LogP contribution in [0.2, 0.25) is 0 Å². The highest BCUT2D eigenvalue weighted by Gasteiger charge is 2.24. The van der Waals surface area contributed by atoms with Crippen molar-refractivity contribution in [3.8, 4) is 0 Å². The van der Waals surface area contributed by atoms with Crippen molar-refractivity contribution >= 4 is 22.2 Å². The molecule has 0 atom stereocenters. The second-order valence-electron chi connectivity index (χ2n) is 5.31. The van der Waals surface area contributed by atoms with Gasteiger partial charge < -0.3 is 0 Å². The number of benzene rings is 3. The van der Waals surface area contributed by atoms with Gasteiger partial charge in [-0.15, -0.1) is 0 Å². The van der Waals surface area contributed by atoms with Gasteiger partial charge >= 0.3 is 0 Å². The molecule has 2 N–H and O–H groups in total. The number of hydrogen-bond donors (Lipinski definition) is 2. The van der Waals surface area contributed by atoms with Crippen LogP contribution in [0.1, 0.15) is 27.0 Å². The van der Waals surface area contributed by atoms with Gasteiger partial charge in [0.2, 0.25) is 0 Å². The zero-order valence-electron chi connectivity index (χ0n) is 11.3. The third-order valence-electron chi connectivity index (χ3n) is 4.11. The van der Waals surface area contributed by atoms with E-state index in [0.717, 1.165) is 39.4 Å². The van der Waals surface area contributed by atoms with Gasteiger partial charge in [-0.1, -0.05) is 42.5 Å². The van der Waals surface area contributed by atoms with Crippen molar-refractivity contribution < 1.29 is 10.0 Å². The van der Waals surface area contributed by atoms with Crippen LogP contribution in [-0.4, -0.2) is 11.0 Å². The zero-order valence-corrected chi connectivity index (χ0v) is 11.3. The molecule has 0 aliphatic heterocycles. The van der Waals surface area contributed by atoms with Crippen molar-refractivity contribution in [1.82, 2.24) is 0 Å². The van der Waals surface area contributed by atoms with Crippen LogP contribution in [0, 0.1) is 0 Å². The van der Waals surface area contributed by atoms with Crippen LogP contribution in [0.5, 0.6) is 0 Å². The van der Waals surface area contributed by atoms with Crippen molar-refractivity contribution in [1.29, 1.82) is 0 Å². The summed E-state index contributed by atoms with van der Waals surface area (Å²) in [4.78, 5) is 12.8. The lowest BCUT2D eigenvalue weighted by molar-refractivity contribution is 0.103. The third kappa shape index (κ3) is 1.75. The second-order valence-corrected chi connectivity index (χ2v) is 5.31. The van der Waals surface area contributed by atoms with Crippen LogP contribution in [0.15, 0.2) is 54.6 Å². The Bertz CT molecular complexity index is 884. The lowest BCUT2D eigenvalue weighted by Gasteiger charge is -2.20. The zero-order chi connectivity index (χ0) is 14.4. The minimum absolute atomic E-state index is 0.0853. The highest BCUT2D eigenvalue weighted by molar-refractivity contribution is 6.19.